The molecule has 0 aliphatic heterocycles. The van der Waals surface area contributed by atoms with E-state index < -0.39 is 0 Å². The van der Waals surface area contributed by atoms with Gasteiger partial charge in [0.25, 0.3) is 0 Å². The molecule has 1 atom stereocenters. The zero-order valence-corrected chi connectivity index (χ0v) is 13.8. The Kier molecular flexibility index (Phi) is 6.95. The number of carbonyl (C=O) groups is 2. The van der Waals surface area contributed by atoms with Gasteiger partial charge in [-0.05, 0) is 39.1 Å². The van der Waals surface area contributed by atoms with Crippen LogP contribution in [0.25, 0.3) is 0 Å². The van der Waals surface area contributed by atoms with Crippen molar-refractivity contribution < 1.29 is 9.59 Å². The Bertz CT molecular complexity index is 523. The first kappa shape index (κ1) is 17.8. The molecule has 0 heterocycles. The van der Waals surface area contributed by atoms with Crippen molar-refractivity contribution in [3.8, 4) is 0 Å². The molecule has 1 aromatic rings. The average Bonchev–Trinajstić information content (AvgIpc) is 2.42. The van der Waals surface area contributed by atoms with Gasteiger partial charge in [-0.15, -0.1) is 0 Å². The zero-order valence-electron chi connectivity index (χ0n) is 12.2. The van der Waals surface area contributed by atoms with Crippen LogP contribution in [0.3, 0.4) is 0 Å². The minimum absolute atomic E-state index is 0.0958. The Morgan fingerprint density at radius 1 is 1.29 bits per heavy atom. The van der Waals surface area contributed by atoms with E-state index in [0.717, 1.165) is 0 Å². The van der Waals surface area contributed by atoms with E-state index in [1.165, 1.54) is 0 Å². The second-order valence-electron chi connectivity index (χ2n) is 4.66. The summed E-state index contributed by atoms with van der Waals surface area (Å²) in [5.74, 6) is -0.339. The quantitative estimate of drug-likeness (QED) is 0.841. The van der Waals surface area contributed by atoms with Crippen LogP contribution >= 0.6 is 23.2 Å². The van der Waals surface area contributed by atoms with Crippen LogP contribution in [0.4, 0.5) is 5.69 Å². The van der Waals surface area contributed by atoms with Gasteiger partial charge in [0.05, 0.1) is 22.6 Å². The van der Waals surface area contributed by atoms with Gasteiger partial charge in [-0.25, -0.2) is 0 Å². The molecule has 0 saturated heterocycles. The van der Waals surface area contributed by atoms with Crippen LogP contribution in [0.15, 0.2) is 18.2 Å². The molecule has 1 aromatic carbocycles. The third-order valence-electron chi connectivity index (χ3n) is 2.99. The number of hydrogen-bond donors (Lipinski definition) is 2. The summed E-state index contributed by atoms with van der Waals surface area (Å²) in [6, 6.07) is 4.47. The molecule has 7 heteroatoms. The Morgan fingerprint density at radius 3 is 2.52 bits per heavy atom. The van der Waals surface area contributed by atoms with Gasteiger partial charge in [-0.1, -0.05) is 23.2 Å². The molecular weight excluding hydrogens is 313 g/mol. The van der Waals surface area contributed by atoms with E-state index >= 15 is 0 Å². The van der Waals surface area contributed by atoms with Crippen LogP contribution in [0.1, 0.15) is 13.8 Å². The van der Waals surface area contributed by atoms with E-state index in [1.54, 1.807) is 37.1 Å². The fourth-order valence-corrected chi connectivity index (χ4v) is 1.96. The zero-order chi connectivity index (χ0) is 16.0. The van der Waals surface area contributed by atoms with Gasteiger partial charge in [0.2, 0.25) is 11.8 Å². The fraction of sp³-hybridized carbons (Fsp3) is 0.429. The predicted octanol–water partition coefficient (Wildman–Crippen LogP) is 2.39. The van der Waals surface area contributed by atoms with Gasteiger partial charge >= 0.3 is 0 Å². The maximum atomic E-state index is 11.9. The van der Waals surface area contributed by atoms with Crippen molar-refractivity contribution in [2.75, 3.05) is 25.5 Å². The molecule has 1 rings (SSSR count). The number of halogens is 2. The maximum Gasteiger partial charge on any atom is 0.238 e. The molecule has 2 N–H and O–H groups in total. The number of hydrogen-bond acceptors (Lipinski definition) is 3. The van der Waals surface area contributed by atoms with Gasteiger partial charge in [0, 0.05) is 12.2 Å². The summed E-state index contributed by atoms with van der Waals surface area (Å²) in [7, 11) is 1.72. The first-order valence-electron chi connectivity index (χ1n) is 6.58. The second kappa shape index (κ2) is 8.22. The lowest BCUT2D eigenvalue weighted by atomic mass is 10.2. The molecule has 0 unspecified atom stereocenters. The number of nitrogens with zero attached hydrogens (tertiary/aromatic N) is 1. The lowest BCUT2D eigenvalue weighted by Crippen LogP contribution is -2.45. The summed E-state index contributed by atoms with van der Waals surface area (Å²) in [6.45, 7) is 4.25. The summed E-state index contributed by atoms with van der Waals surface area (Å²) in [4.78, 5) is 25.3. The molecule has 0 fully saturated rings. The van der Waals surface area contributed by atoms with Gasteiger partial charge in [0.15, 0.2) is 0 Å². The Hall–Kier alpha value is -1.30. The van der Waals surface area contributed by atoms with Gasteiger partial charge in [-0.2, -0.15) is 0 Å². The Balaban J connectivity index is 2.56. The molecule has 0 aliphatic rings. The van der Waals surface area contributed by atoms with Crippen molar-refractivity contribution in [1.82, 2.24) is 10.2 Å². The molecular formula is C14H19Cl2N3O2. The second-order valence-corrected chi connectivity index (χ2v) is 5.48. The summed E-state index contributed by atoms with van der Waals surface area (Å²) >= 11 is 11.7. The van der Waals surface area contributed by atoms with Crippen LogP contribution in [0, 0.1) is 0 Å². The minimum Gasteiger partial charge on any atom is -0.355 e. The van der Waals surface area contributed by atoms with E-state index in [0.29, 0.717) is 22.3 Å². The van der Waals surface area contributed by atoms with Crippen LogP contribution in [-0.4, -0.2) is 42.9 Å². The maximum absolute atomic E-state index is 11.9. The molecule has 0 aromatic heterocycles. The SMILES string of the molecule is CCNC(=O)[C@H](C)N(C)CC(=O)Nc1ccc(Cl)c(Cl)c1. The number of anilines is 1. The Morgan fingerprint density at radius 2 is 1.95 bits per heavy atom. The Labute approximate surface area is 134 Å². The summed E-state index contributed by atoms with van der Waals surface area (Å²) in [6.07, 6.45) is 0. The number of carbonyl (C=O) groups excluding carboxylic acids is 2. The molecule has 0 spiro atoms. The first-order valence-corrected chi connectivity index (χ1v) is 7.33. The molecule has 0 bridgehead atoms. The van der Waals surface area contributed by atoms with Gasteiger partial charge in [0.1, 0.15) is 0 Å². The topological polar surface area (TPSA) is 61.4 Å². The lowest BCUT2D eigenvalue weighted by Gasteiger charge is -2.23. The largest absolute Gasteiger partial charge is 0.355 e. The van der Waals surface area contributed by atoms with Crippen LogP contribution in [0.2, 0.25) is 10.0 Å². The highest BCUT2D eigenvalue weighted by Crippen LogP contribution is 2.24. The van der Waals surface area contributed by atoms with Crippen LogP contribution in [0.5, 0.6) is 0 Å². The highest BCUT2D eigenvalue weighted by Gasteiger charge is 2.19. The van der Waals surface area contributed by atoms with Crippen molar-refractivity contribution in [3.63, 3.8) is 0 Å². The predicted molar refractivity (Wildman–Crippen MR) is 85.9 cm³/mol. The van der Waals surface area contributed by atoms with E-state index in [2.05, 4.69) is 10.6 Å². The van der Waals surface area contributed by atoms with Crippen molar-refractivity contribution in [2.45, 2.75) is 19.9 Å². The van der Waals surface area contributed by atoms with E-state index in [-0.39, 0.29) is 24.4 Å². The smallest absolute Gasteiger partial charge is 0.238 e. The number of likely N-dealkylation sites (N-methyl/N-ethyl adjacent to an activating group) is 2. The van der Waals surface area contributed by atoms with Crippen molar-refractivity contribution >= 4 is 40.7 Å². The standard InChI is InChI=1S/C14H19Cl2N3O2/c1-4-17-14(21)9(2)19(3)8-13(20)18-10-5-6-11(15)12(16)7-10/h5-7,9H,4,8H2,1-3H3,(H,17,21)(H,18,20)/t9-/m0/s1. The molecule has 5 nitrogen and oxygen atoms in total. The molecule has 0 saturated carbocycles. The minimum atomic E-state index is -0.385. The lowest BCUT2D eigenvalue weighted by molar-refractivity contribution is -0.126. The van der Waals surface area contributed by atoms with E-state index in [4.69, 9.17) is 23.2 Å². The third kappa shape index (κ3) is 5.53. The van der Waals surface area contributed by atoms with Crippen molar-refractivity contribution in [3.05, 3.63) is 28.2 Å². The molecule has 0 radical (unpaired) electrons. The highest BCUT2D eigenvalue weighted by molar-refractivity contribution is 6.42. The molecule has 0 aliphatic carbocycles. The van der Waals surface area contributed by atoms with E-state index in [9.17, 15) is 9.59 Å². The van der Waals surface area contributed by atoms with Crippen molar-refractivity contribution in [1.29, 1.82) is 0 Å². The number of rotatable bonds is 6. The molecule has 2 amide bonds. The van der Waals surface area contributed by atoms with E-state index in [1.807, 2.05) is 6.92 Å². The van der Waals surface area contributed by atoms with Gasteiger partial charge in [-0.3, -0.25) is 14.5 Å². The van der Waals surface area contributed by atoms with Gasteiger partial charge < -0.3 is 10.6 Å². The molecule has 21 heavy (non-hydrogen) atoms. The first-order chi connectivity index (χ1) is 9.85. The summed E-state index contributed by atoms with van der Waals surface area (Å²) in [5.41, 5.74) is 0.563. The normalized spacial score (nSPS) is 12.1. The monoisotopic (exact) mass is 331 g/mol. The summed E-state index contributed by atoms with van der Waals surface area (Å²) < 4.78 is 0. The number of nitrogens with one attached hydrogen (secondary N) is 2. The average molecular weight is 332 g/mol. The van der Waals surface area contributed by atoms with Crippen molar-refractivity contribution in [2.24, 2.45) is 0 Å². The summed E-state index contributed by atoms with van der Waals surface area (Å²) in [5, 5.41) is 6.23. The highest BCUT2D eigenvalue weighted by atomic mass is 35.5. The van der Waals surface area contributed by atoms with Crippen LogP contribution < -0.4 is 10.6 Å². The third-order valence-corrected chi connectivity index (χ3v) is 3.73. The van der Waals surface area contributed by atoms with Crippen LogP contribution in [-0.2, 0) is 9.59 Å². The number of amides is 2. The fourth-order valence-electron chi connectivity index (χ4n) is 1.66. The number of benzene rings is 1. The molecule has 116 valence electrons.